The van der Waals surface area contributed by atoms with Gasteiger partial charge in [-0.3, -0.25) is 0 Å². The number of thioether (sulfide) groups is 1. The number of hydrogen-bond donors (Lipinski definition) is 3. The Balaban J connectivity index is 2.46. The molecule has 1 aromatic heterocycles. The first-order valence-electron chi connectivity index (χ1n) is 5.08. The number of rotatable bonds is 4. The molecule has 0 atom stereocenters. The van der Waals surface area contributed by atoms with Gasteiger partial charge in [0.1, 0.15) is 0 Å². The summed E-state index contributed by atoms with van der Waals surface area (Å²) >= 11 is 2.99. The van der Waals surface area contributed by atoms with E-state index in [4.69, 9.17) is 10.9 Å². The molecular weight excluding hydrogens is 268 g/mol. The Labute approximate surface area is 113 Å². The number of amidine groups is 1. The van der Waals surface area contributed by atoms with Gasteiger partial charge in [-0.05, 0) is 18.4 Å². The first-order valence-corrected chi connectivity index (χ1v) is 7.12. The number of nitrogens with two attached hydrogens (primary N) is 1. The molecular formula is C11H12N4OS2. The van der Waals surface area contributed by atoms with Crippen LogP contribution in [0.4, 0.5) is 0 Å². The van der Waals surface area contributed by atoms with Crippen molar-refractivity contribution in [2.45, 2.75) is 14.9 Å². The van der Waals surface area contributed by atoms with Crippen LogP contribution in [0.2, 0.25) is 0 Å². The summed E-state index contributed by atoms with van der Waals surface area (Å²) in [6, 6.07) is 5.79. The molecule has 0 spiro atoms. The molecule has 0 bridgehead atoms. The highest BCUT2D eigenvalue weighted by Gasteiger charge is 2.14. The van der Waals surface area contributed by atoms with E-state index in [1.54, 1.807) is 24.2 Å². The Morgan fingerprint density at radius 3 is 2.83 bits per heavy atom. The fourth-order valence-corrected chi connectivity index (χ4v) is 3.09. The lowest BCUT2D eigenvalue weighted by molar-refractivity contribution is 0.318. The zero-order valence-corrected chi connectivity index (χ0v) is 11.3. The molecule has 4 N–H and O–H groups in total. The number of imidazole rings is 1. The lowest BCUT2D eigenvalue weighted by atomic mass is 10.2. The van der Waals surface area contributed by atoms with Gasteiger partial charge in [0, 0.05) is 27.7 Å². The lowest BCUT2D eigenvalue weighted by Gasteiger charge is -2.10. The third-order valence-electron chi connectivity index (χ3n) is 2.25. The molecule has 0 saturated carbocycles. The number of nitrogens with zero attached hydrogens (tertiary/aromatic N) is 2. The van der Waals surface area contributed by atoms with Gasteiger partial charge in [-0.15, -0.1) is 11.8 Å². The molecule has 0 unspecified atom stereocenters. The summed E-state index contributed by atoms with van der Waals surface area (Å²) in [7, 11) is 0. The van der Waals surface area contributed by atoms with Gasteiger partial charge in [-0.25, -0.2) is 4.98 Å². The smallest absolute Gasteiger partial charge is 0.172 e. The molecule has 94 valence electrons. The van der Waals surface area contributed by atoms with E-state index in [2.05, 4.69) is 15.1 Å². The number of aromatic nitrogens is 2. The monoisotopic (exact) mass is 280 g/mol. The molecule has 0 aliphatic carbocycles. The maximum atomic E-state index is 8.88. The van der Waals surface area contributed by atoms with Gasteiger partial charge in [-0.1, -0.05) is 23.0 Å². The Morgan fingerprint density at radius 2 is 2.22 bits per heavy atom. The molecule has 5 nitrogen and oxygen atoms in total. The number of H-pyrrole nitrogens is 1. The number of hydrogen-bond acceptors (Lipinski definition) is 5. The van der Waals surface area contributed by atoms with E-state index in [0.29, 0.717) is 0 Å². The van der Waals surface area contributed by atoms with Crippen molar-refractivity contribution in [3.63, 3.8) is 0 Å². The van der Waals surface area contributed by atoms with Crippen LogP contribution in [0.15, 0.2) is 50.7 Å². The molecule has 2 aromatic rings. The quantitative estimate of drug-likeness (QED) is 0.263. The van der Waals surface area contributed by atoms with Crippen molar-refractivity contribution in [2.24, 2.45) is 10.9 Å². The topological polar surface area (TPSA) is 87.3 Å². The summed E-state index contributed by atoms with van der Waals surface area (Å²) in [6.07, 6.45) is 5.39. The maximum Gasteiger partial charge on any atom is 0.172 e. The predicted octanol–water partition coefficient (Wildman–Crippen LogP) is 2.38. The average molecular weight is 280 g/mol. The second-order valence-corrected chi connectivity index (χ2v) is 5.19. The first-order chi connectivity index (χ1) is 8.76. The number of benzene rings is 1. The van der Waals surface area contributed by atoms with E-state index < -0.39 is 0 Å². The molecule has 7 heteroatoms. The Hall–Kier alpha value is -1.60. The summed E-state index contributed by atoms with van der Waals surface area (Å²) in [6.45, 7) is 0. The van der Waals surface area contributed by atoms with E-state index in [1.807, 2.05) is 24.5 Å². The van der Waals surface area contributed by atoms with Gasteiger partial charge in [-0.2, -0.15) is 0 Å². The summed E-state index contributed by atoms with van der Waals surface area (Å²) in [5, 5.41) is 12.7. The minimum absolute atomic E-state index is 0.106. The minimum Gasteiger partial charge on any atom is -0.409 e. The Kier molecular flexibility index (Phi) is 4.16. The van der Waals surface area contributed by atoms with Crippen molar-refractivity contribution in [3.05, 3.63) is 36.2 Å². The summed E-state index contributed by atoms with van der Waals surface area (Å²) in [5.74, 6) is 0.106. The van der Waals surface area contributed by atoms with Crippen molar-refractivity contribution >= 4 is 29.4 Å². The fourth-order valence-electron chi connectivity index (χ4n) is 1.48. The van der Waals surface area contributed by atoms with E-state index in [-0.39, 0.29) is 5.84 Å². The molecule has 18 heavy (non-hydrogen) atoms. The molecule has 0 saturated heterocycles. The lowest BCUT2D eigenvalue weighted by Crippen LogP contribution is -2.15. The molecule has 2 rings (SSSR count). The van der Waals surface area contributed by atoms with Crippen LogP contribution in [0.5, 0.6) is 0 Å². The fraction of sp³-hybridized carbons (Fsp3) is 0.0909. The van der Waals surface area contributed by atoms with Gasteiger partial charge in [0.2, 0.25) is 0 Å². The maximum absolute atomic E-state index is 8.88. The standard InChI is InChI=1S/C11H12N4OS2/c1-17-7-3-2-4-8(9(7)10(12)15-16)18-11-13-5-6-14-11/h2-6,16H,1H3,(H2,12,15)(H,13,14). The normalized spacial score (nSPS) is 11.7. The largest absolute Gasteiger partial charge is 0.409 e. The van der Waals surface area contributed by atoms with Crippen LogP contribution in [0.1, 0.15) is 5.56 Å². The molecule has 0 aliphatic rings. The van der Waals surface area contributed by atoms with Crippen LogP contribution >= 0.6 is 23.5 Å². The summed E-state index contributed by atoms with van der Waals surface area (Å²) < 4.78 is 0. The van der Waals surface area contributed by atoms with Crippen LogP contribution in [0, 0.1) is 0 Å². The van der Waals surface area contributed by atoms with Crippen molar-refractivity contribution in [3.8, 4) is 0 Å². The van der Waals surface area contributed by atoms with E-state index in [1.165, 1.54) is 11.8 Å². The van der Waals surface area contributed by atoms with Gasteiger partial charge < -0.3 is 15.9 Å². The summed E-state index contributed by atoms with van der Waals surface area (Å²) in [4.78, 5) is 9.02. The van der Waals surface area contributed by atoms with Crippen LogP contribution in [0.25, 0.3) is 0 Å². The van der Waals surface area contributed by atoms with Crippen molar-refractivity contribution < 1.29 is 5.21 Å². The zero-order chi connectivity index (χ0) is 13.0. The highest BCUT2D eigenvalue weighted by Crippen LogP contribution is 2.33. The Morgan fingerprint density at radius 1 is 1.44 bits per heavy atom. The first kappa shape index (κ1) is 12.8. The molecule has 1 aromatic carbocycles. The molecule has 0 aliphatic heterocycles. The zero-order valence-electron chi connectivity index (χ0n) is 9.62. The summed E-state index contributed by atoms with van der Waals surface area (Å²) in [5.41, 5.74) is 6.47. The highest BCUT2D eigenvalue weighted by molar-refractivity contribution is 7.99. The van der Waals surface area contributed by atoms with Gasteiger partial charge >= 0.3 is 0 Å². The van der Waals surface area contributed by atoms with Crippen LogP contribution in [-0.2, 0) is 0 Å². The van der Waals surface area contributed by atoms with Gasteiger partial charge in [0.15, 0.2) is 11.0 Å². The third-order valence-corrected chi connectivity index (χ3v) is 4.01. The van der Waals surface area contributed by atoms with Crippen molar-refractivity contribution in [1.29, 1.82) is 0 Å². The average Bonchev–Trinajstić information content (AvgIpc) is 2.90. The molecule has 0 radical (unpaired) electrons. The van der Waals surface area contributed by atoms with Crippen LogP contribution in [0.3, 0.4) is 0 Å². The van der Waals surface area contributed by atoms with Gasteiger partial charge in [0.25, 0.3) is 0 Å². The molecule has 1 heterocycles. The van der Waals surface area contributed by atoms with E-state index in [9.17, 15) is 0 Å². The Bertz CT molecular complexity index is 554. The molecule has 0 fully saturated rings. The predicted molar refractivity (Wildman–Crippen MR) is 73.4 cm³/mol. The van der Waals surface area contributed by atoms with Crippen molar-refractivity contribution in [1.82, 2.24) is 9.97 Å². The second kappa shape index (κ2) is 5.83. The second-order valence-electron chi connectivity index (χ2n) is 3.32. The SMILES string of the molecule is CSc1cccc(Sc2ncc[nH]2)c1/C(N)=N/O. The van der Waals surface area contributed by atoms with E-state index in [0.717, 1.165) is 20.5 Å². The van der Waals surface area contributed by atoms with E-state index >= 15 is 0 Å². The van der Waals surface area contributed by atoms with Crippen molar-refractivity contribution in [2.75, 3.05) is 6.26 Å². The van der Waals surface area contributed by atoms with Crippen LogP contribution in [-0.4, -0.2) is 27.3 Å². The number of nitrogens with one attached hydrogen (secondary N) is 1. The van der Waals surface area contributed by atoms with Crippen LogP contribution < -0.4 is 5.73 Å². The minimum atomic E-state index is 0.106. The third kappa shape index (κ3) is 2.62. The number of aromatic amines is 1. The number of oxime groups is 1. The van der Waals surface area contributed by atoms with Gasteiger partial charge in [0.05, 0.1) is 0 Å². The highest BCUT2D eigenvalue weighted by atomic mass is 32.2. The molecule has 0 amide bonds.